The van der Waals surface area contributed by atoms with Gasteiger partial charge in [-0.2, -0.15) is 0 Å². The maximum atomic E-state index is 13.0. The number of ether oxygens (including phenoxy) is 2. The van der Waals surface area contributed by atoms with Crippen LogP contribution >= 0.6 is 0 Å². The van der Waals surface area contributed by atoms with Crippen molar-refractivity contribution in [3.8, 4) is 5.75 Å². The van der Waals surface area contributed by atoms with Gasteiger partial charge in [-0.3, -0.25) is 4.79 Å². The van der Waals surface area contributed by atoms with E-state index < -0.39 is 21.8 Å². The molecule has 168 valence electrons. The van der Waals surface area contributed by atoms with Gasteiger partial charge in [0.1, 0.15) is 11.6 Å². The lowest BCUT2D eigenvalue weighted by Gasteiger charge is -2.17. The molecule has 2 rings (SSSR count). The molecule has 1 amide bonds. The van der Waals surface area contributed by atoms with E-state index in [4.69, 9.17) is 4.74 Å². The van der Waals surface area contributed by atoms with Crippen LogP contribution in [0.25, 0.3) is 0 Å². The van der Waals surface area contributed by atoms with Gasteiger partial charge in [0.15, 0.2) is 6.61 Å². The van der Waals surface area contributed by atoms with Gasteiger partial charge in [0, 0.05) is 25.7 Å². The maximum Gasteiger partial charge on any atom is 0.343 e. The molecule has 0 aliphatic heterocycles. The summed E-state index contributed by atoms with van der Waals surface area (Å²) < 4.78 is 48.9. The molecule has 2 aromatic carbocycles. The van der Waals surface area contributed by atoms with Gasteiger partial charge >= 0.3 is 5.97 Å². The second-order valence-corrected chi connectivity index (χ2v) is 8.82. The van der Waals surface area contributed by atoms with Crippen molar-refractivity contribution >= 4 is 27.6 Å². The predicted octanol–water partition coefficient (Wildman–Crippen LogP) is 2.73. The standard InChI is InChI=1S/C21H25FN2O6S/c1-15-13-17(30-14-21(26)29-3)8-11-19(15)23-20(25)5-4-12-24(2)31(27,28)18-9-6-16(22)7-10-18/h6-11,13H,4-5,12,14H2,1-3H3,(H,23,25). The number of anilines is 1. The second-order valence-electron chi connectivity index (χ2n) is 6.77. The molecular weight excluding hydrogens is 427 g/mol. The lowest BCUT2D eigenvalue weighted by Crippen LogP contribution is -2.28. The summed E-state index contributed by atoms with van der Waals surface area (Å²) in [6.07, 6.45) is 0.422. The Labute approximate surface area is 181 Å². The highest BCUT2D eigenvalue weighted by Crippen LogP contribution is 2.22. The summed E-state index contributed by atoms with van der Waals surface area (Å²) in [6.45, 7) is 1.70. The zero-order valence-corrected chi connectivity index (χ0v) is 18.4. The minimum atomic E-state index is -3.75. The van der Waals surface area contributed by atoms with Gasteiger partial charge < -0.3 is 14.8 Å². The smallest absolute Gasteiger partial charge is 0.343 e. The first-order valence-electron chi connectivity index (χ1n) is 9.45. The van der Waals surface area contributed by atoms with E-state index in [0.717, 1.165) is 22.0 Å². The largest absolute Gasteiger partial charge is 0.482 e. The summed E-state index contributed by atoms with van der Waals surface area (Å²) in [5.74, 6) is -0.814. The van der Waals surface area contributed by atoms with Crippen LogP contribution in [0.3, 0.4) is 0 Å². The fourth-order valence-corrected chi connectivity index (χ4v) is 3.86. The second kappa shape index (κ2) is 10.9. The summed E-state index contributed by atoms with van der Waals surface area (Å²) in [5.41, 5.74) is 1.33. The van der Waals surface area contributed by atoms with Crippen LogP contribution in [0.15, 0.2) is 47.4 Å². The molecule has 0 saturated carbocycles. The zero-order valence-electron chi connectivity index (χ0n) is 17.6. The van der Waals surface area contributed by atoms with Crippen LogP contribution in [0.1, 0.15) is 18.4 Å². The maximum absolute atomic E-state index is 13.0. The van der Waals surface area contributed by atoms with Crippen molar-refractivity contribution in [3.63, 3.8) is 0 Å². The Hall–Kier alpha value is -2.98. The summed E-state index contributed by atoms with van der Waals surface area (Å²) in [7, 11) is -1.07. The average Bonchev–Trinajstić information content (AvgIpc) is 2.73. The van der Waals surface area contributed by atoms with E-state index in [1.807, 2.05) is 0 Å². The first-order chi connectivity index (χ1) is 14.6. The number of esters is 1. The fourth-order valence-electron chi connectivity index (χ4n) is 2.65. The quantitative estimate of drug-likeness (QED) is 0.556. The SMILES string of the molecule is COC(=O)COc1ccc(NC(=O)CCCN(C)S(=O)(=O)c2ccc(F)cc2)c(C)c1. The molecular formula is C21H25FN2O6S. The van der Waals surface area contributed by atoms with Gasteiger partial charge in [0.25, 0.3) is 0 Å². The molecule has 0 aromatic heterocycles. The van der Waals surface area contributed by atoms with E-state index in [0.29, 0.717) is 17.9 Å². The number of methoxy groups -OCH3 is 1. The van der Waals surface area contributed by atoms with Crippen molar-refractivity contribution in [3.05, 3.63) is 53.8 Å². The van der Waals surface area contributed by atoms with Gasteiger partial charge in [0.05, 0.1) is 12.0 Å². The number of aryl methyl sites for hydroxylation is 1. The molecule has 0 unspecified atom stereocenters. The van der Waals surface area contributed by atoms with E-state index in [2.05, 4.69) is 10.1 Å². The number of nitrogens with zero attached hydrogens (tertiary/aromatic N) is 1. The number of benzene rings is 2. The molecule has 0 heterocycles. The van der Waals surface area contributed by atoms with Crippen molar-refractivity contribution in [1.29, 1.82) is 0 Å². The highest BCUT2D eigenvalue weighted by Gasteiger charge is 2.20. The van der Waals surface area contributed by atoms with Crippen LogP contribution in [0.5, 0.6) is 5.75 Å². The number of carbonyl (C=O) groups excluding carboxylic acids is 2. The monoisotopic (exact) mass is 452 g/mol. The molecule has 0 fully saturated rings. The third-order valence-electron chi connectivity index (χ3n) is 4.45. The Morgan fingerprint density at radius 1 is 1.13 bits per heavy atom. The molecule has 0 atom stereocenters. The lowest BCUT2D eigenvalue weighted by atomic mass is 10.2. The Morgan fingerprint density at radius 3 is 2.42 bits per heavy atom. The Bertz CT molecular complexity index is 1020. The zero-order chi connectivity index (χ0) is 23.0. The first-order valence-corrected chi connectivity index (χ1v) is 10.9. The van der Waals surface area contributed by atoms with E-state index >= 15 is 0 Å². The number of rotatable bonds is 10. The number of sulfonamides is 1. The number of hydrogen-bond donors (Lipinski definition) is 1. The Morgan fingerprint density at radius 2 is 1.81 bits per heavy atom. The van der Waals surface area contributed by atoms with Crippen LogP contribution in [0, 0.1) is 12.7 Å². The normalized spacial score (nSPS) is 11.3. The molecule has 0 bridgehead atoms. The number of nitrogens with one attached hydrogen (secondary N) is 1. The predicted molar refractivity (Wildman–Crippen MR) is 113 cm³/mol. The molecule has 0 aliphatic rings. The molecule has 0 spiro atoms. The van der Waals surface area contributed by atoms with E-state index in [1.54, 1.807) is 25.1 Å². The molecule has 0 radical (unpaired) electrons. The highest BCUT2D eigenvalue weighted by atomic mass is 32.2. The van der Waals surface area contributed by atoms with Gasteiger partial charge in [-0.15, -0.1) is 0 Å². The highest BCUT2D eigenvalue weighted by molar-refractivity contribution is 7.89. The molecule has 2 aromatic rings. The van der Waals surface area contributed by atoms with Crippen molar-refractivity contribution in [1.82, 2.24) is 4.31 Å². The average molecular weight is 453 g/mol. The minimum Gasteiger partial charge on any atom is -0.482 e. The van der Waals surface area contributed by atoms with Crippen LogP contribution in [0.4, 0.5) is 10.1 Å². The van der Waals surface area contributed by atoms with E-state index in [9.17, 15) is 22.4 Å². The molecule has 0 saturated heterocycles. The van der Waals surface area contributed by atoms with Gasteiger partial charge in [-0.05, 0) is 61.4 Å². The minimum absolute atomic E-state index is 0.00835. The fraction of sp³-hybridized carbons (Fsp3) is 0.333. The summed E-state index contributed by atoms with van der Waals surface area (Å²) >= 11 is 0. The third-order valence-corrected chi connectivity index (χ3v) is 6.33. The van der Waals surface area contributed by atoms with Crippen molar-refractivity contribution in [2.45, 2.75) is 24.7 Å². The third kappa shape index (κ3) is 7.04. The van der Waals surface area contributed by atoms with Gasteiger partial charge in [-0.25, -0.2) is 21.9 Å². The van der Waals surface area contributed by atoms with Crippen molar-refractivity contribution in [2.75, 3.05) is 32.6 Å². The Balaban J connectivity index is 1.85. The number of carbonyl (C=O) groups is 2. The molecule has 1 N–H and O–H groups in total. The topological polar surface area (TPSA) is 102 Å². The molecule has 0 aliphatic carbocycles. The lowest BCUT2D eigenvalue weighted by molar-refractivity contribution is -0.142. The van der Waals surface area contributed by atoms with E-state index in [-0.39, 0.29) is 30.4 Å². The summed E-state index contributed by atoms with van der Waals surface area (Å²) in [5, 5.41) is 2.77. The molecule has 10 heteroatoms. The molecule has 8 nitrogen and oxygen atoms in total. The Kier molecular flexibility index (Phi) is 8.52. The van der Waals surface area contributed by atoms with Gasteiger partial charge in [-0.1, -0.05) is 0 Å². The van der Waals surface area contributed by atoms with E-state index in [1.165, 1.54) is 26.3 Å². The summed E-state index contributed by atoms with van der Waals surface area (Å²) in [4.78, 5) is 23.3. The molecule has 31 heavy (non-hydrogen) atoms. The first kappa shape index (κ1) is 24.3. The van der Waals surface area contributed by atoms with Crippen LogP contribution < -0.4 is 10.1 Å². The number of halogens is 1. The number of amides is 1. The number of hydrogen-bond acceptors (Lipinski definition) is 6. The van der Waals surface area contributed by atoms with Gasteiger partial charge in [0.2, 0.25) is 15.9 Å². The van der Waals surface area contributed by atoms with Crippen molar-refractivity contribution < 1.29 is 31.9 Å². The summed E-state index contributed by atoms with van der Waals surface area (Å²) in [6, 6.07) is 9.54. The van der Waals surface area contributed by atoms with Crippen LogP contribution in [-0.2, 0) is 24.3 Å². The van der Waals surface area contributed by atoms with Crippen molar-refractivity contribution in [2.24, 2.45) is 0 Å². The van der Waals surface area contributed by atoms with Crippen LogP contribution in [-0.4, -0.2) is 51.9 Å². The van der Waals surface area contributed by atoms with Crippen LogP contribution in [0.2, 0.25) is 0 Å².